The van der Waals surface area contributed by atoms with Crippen LogP contribution in [0.1, 0.15) is 22.8 Å². The topological polar surface area (TPSA) is 129 Å². The number of rotatable bonds is 10. The van der Waals surface area contributed by atoms with Crippen LogP contribution in [0.5, 0.6) is 5.75 Å². The molecule has 36 heavy (non-hydrogen) atoms. The predicted molar refractivity (Wildman–Crippen MR) is 138 cm³/mol. The molecule has 4 aromatic rings. The second-order valence-electron chi connectivity index (χ2n) is 8.74. The van der Waals surface area contributed by atoms with Gasteiger partial charge in [0.25, 0.3) is 0 Å². The number of nitrogens with zero attached hydrogens (tertiary/aromatic N) is 2. The summed E-state index contributed by atoms with van der Waals surface area (Å²) >= 11 is 0. The number of benzene rings is 3. The highest BCUT2D eigenvalue weighted by molar-refractivity contribution is 7.89. The molecule has 0 amide bonds. The normalized spacial score (nSPS) is 12.7. The van der Waals surface area contributed by atoms with Gasteiger partial charge in [0.05, 0.1) is 15.9 Å². The monoisotopic (exact) mass is 510 g/mol. The van der Waals surface area contributed by atoms with Crippen molar-refractivity contribution in [1.82, 2.24) is 14.5 Å². The lowest BCUT2D eigenvalue weighted by atomic mass is 10.1. The highest BCUT2D eigenvalue weighted by Crippen LogP contribution is 2.21. The van der Waals surface area contributed by atoms with E-state index in [-0.39, 0.29) is 17.2 Å². The second-order valence-corrected chi connectivity index (χ2v) is 10.3. The number of nitrogens with two attached hydrogens (primary N) is 1. The molecule has 1 aromatic heterocycles. The van der Waals surface area contributed by atoms with Crippen LogP contribution in [0.4, 0.5) is 0 Å². The van der Waals surface area contributed by atoms with Crippen LogP contribution in [-0.4, -0.2) is 35.8 Å². The first-order valence-electron chi connectivity index (χ1n) is 11.5. The zero-order chi connectivity index (χ0) is 25.9. The number of nitrogens with one attached hydrogen (secondary N) is 1. The Morgan fingerprint density at radius 3 is 2.25 bits per heavy atom. The third-order valence-corrected chi connectivity index (χ3v) is 7.11. The van der Waals surface area contributed by atoms with Gasteiger partial charge in [-0.1, -0.05) is 30.3 Å². The molecule has 190 valence electrons. The van der Waals surface area contributed by atoms with E-state index in [9.17, 15) is 18.3 Å². The first-order chi connectivity index (χ1) is 17.1. The fourth-order valence-corrected chi connectivity index (χ4v) is 4.53. The second kappa shape index (κ2) is 10.7. The summed E-state index contributed by atoms with van der Waals surface area (Å²) in [6, 6.07) is 19.7. The summed E-state index contributed by atoms with van der Waals surface area (Å²) in [7, 11) is -0.237. The van der Waals surface area contributed by atoms with Gasteiger partial charge in [0, 0.05) is 20.6 Å². The van der Waals surface area contributed by atoms with Crippen LogP contribution < -0.4 is 20.9 Å². The lowest BCUT2D eigenvalue weighted by molar-refractivity contribution is 0.108. The first kappa shape index (κ1) is 25.6. The van der Waals surface area contributed by atoms with Crippen molar-refractivity contribution in [3.05, 3.63) is 93.9 Å². The summed E-state index contributed by atoms with van der Waals surface area (Å²) in [6.07, 6.45) is -0.0718. The van der Waals surface area contributed by atoms with Gasteiger partial charge in [-0.2, -0.15) is 0 Å². The highest BCUT2D eigenvalue weighted by atomic mass is 32.2. The lowest BCUT2D eigenvalue weighted by Gasteiger charge is -2.14. The summed E-state index contributed by atoms with van der Waals surface area (Å²) in [4.78, 5) is 12.2. The van der Waals surface area contributed by atoms with E-state index in [1.54, 1.807) is 41.4 Å². The van der Waals surface area contributed by atoms with Gasteiger partial charge in [-0.25, -0.2) is 18.4 Å². The molecule has 0 saturated carbocycles. The van der Waals surface area contributed by atoms with Gasteiger partial charge in [-0.05, 0) is 66.1 Å². The molecule has 3 aromatic carbocycles. The number of imidazole rings is 1. The minimum Gasteiger partial charge on any atom is -0.491 e. The van der Waals surface area contributed by atoms with E-state index in [1.807, 2.05) is 36.4 Å². The Kier molecular flexibility index (Phi) is 7.60. The van der Waals surface area contributed by atoms with Crippen molar-refractivity contribution in [2.45, 2.75) is 24.0 Å². The molecule has 1 heterocycles. The highest BCUT2D eigenvalue weighted by Gasteiger charge is 2.13. The minimum atomic E-state index is -3.67. The molecular weight excluding hydrogens is 480 g/mol. The van der Waals surface area contributed by atoms with Crippen LogP contribution in [0, 0.1) is 0 Å². The van der Waals surface area contributed by atoms with Gasteiger partial charge in [-0.3, -0.25) is 9.13 Å². The van der Waals surface area contributed by atoms with Crippen LogP contribution in [0.2, 0.25) is 0 Å². The van der Waals surface area contributed by atoms with Crippen molar-refractivity contribution in [2.24, 2.45) is 19.2 Å². The zero-order valence-corrected chi connectivity index (χ0v) is 21.0. The fraction of sp³-hybridized carbons (Fsp3) is 0.269. The number of aliphatic hydroxyl groups excluding tert-OH is 1. The lowest BCUT2D eigenvalue weighted by Crippen LogP contribution is -2.19. The third kappa shape index (κ3) is 5.85. The number of ether oxygens (including phenoxy) is 1. The smallest absolute Gasteiger partial charge is 0.328 e. The molecule has 0 aliphatic heterocycles. The van der Waals surface area contributed by atoms with Crippen molar-refractivity contribution < 1.29 is 18.3 Å². The summed E-state index contributed by atoms with van der Waals surface area (Å²) in [6.45, 7) is 1.50. The average molecular weight is 511 g/mol. The molecule has 9 nitrogen and oxygen atoms in total. The number of hydrogen-bond acceptors (Lipinski definition) is 6. The Balaban J connectivity index is 1.24. The Labute approximate surface area is 209 Å². The van der Waals surface area contributed by atoms with Crippen LogP contribution in [0.25, 0.3) is 11.0 Å². The number of fused-ring (bicyclic) bond motifs is 1. The number of hydrogen-bond donors (Lipinski definition) is 3. The van der Waals surface area contributed by atoms with Crippen molar-refractivity contribution >= 4 is 21.1 Å². The van der Waals surface area contributed by atoms with E-state index in [4.69, 9.17) is 9.88 Å². The standard InChI is InChI=1S/C26H30N4O5S/c1-29-23-12-7-20(15-24(23)30(2)26(29)32)25(31)17-35-21-8-3-19(4-9-21)16-28-14-13-18-5-10-22(11-6-18)36(27,33)34/h3-12,15,25,28,31H,13-14,16-17H2,1-2H3,(H2,27,33,34)/t25-/m1/s1. The van der Waals surface area contributed by atoms with Gasteiger partial charge < -0.3 is 15.2 Å². The zero-order valence-electron chi connectivity index (χ0n) is 20.2. The Morgan fingerprint density at radius 1 is 0.944 bits per heavy atom. The molecule has 0 unspecified atom stereocenters. The number of sulfonamides is 1. The Hall–Kier alpha value is -3.44. The van der Waals surface area contributed by atoms with Gasteiger partial charge in [0.2, 0.25) is 10.0 Å². The first-order valence-corrected chi connectivity index (χ1v) is 13.1. The molecule has 0 aliphatic carbocycles. The predicted octanol–water partition coefficient (Wildman–Crippen LogP) is 1.97. The SMILES string of the molecule is Cn1c(=O)n(C)c2cc([C@H](O)COc3ccc(CNCCc4ccc(S(N)(=O)=O)cc4)cc3)ccc21. The van der Waals surface area contributed by atoms with Gasteiger partial charge in [-0.15, -0.1) is 0 Å². The van der Waals surface area contributed by atoms with Crippen molar-refractivity contribution in [3.63, 3.8) is 0 Å². The number of aliphatic hydroxyl groups is 1. The Bertz CT molecular complexity index is 1510. The number of aromatic nitrogens is 2. The summed E-state index contributed by atoms with van der Waals surface area (Å²) < 4.78 is 31.5. The molecule has 0 bridgehead atoms. The molecule has 0 saturated heterocycles. The maximum absolute atomic E-state index is 12.1. The molecule has 4 N–H and O–H groups in total. The molecule has 1 atom stereocenters. The average Bonchev–Trinajstić information content (AvgIpc) is 3.09. The van der Waals surface area contributed by atoms with Gasteiger partial charge >= 0.3 is 5.69 Å². The summed E-state index contributed by atoms with van der Waals surface area (Å²) in [5, 5.41) is 19.1. The maximum Gasteiger partial charge on any atom is 0.328 e. The molecule has 0 aliphatic rings. The van der Waals surface area contributed by atoms with E-state index < -0.39 is 16.1 Å². The van der Waals surface area contributed by atoms with E-state index in [0.29, 0.717) is 17.9 Å². The molecule has 0 spiro atoms. The van der Waals surface area contributed by atoms with E-state index in [1.165, 1.54) is 12.1 Å². The van der Waals surface area contributed by atoms with Crippen molar-refractivity contribution in [2.75, 3.05) is 13.2 Å². The van der Waals surface area contributed by atoms with Crippen LogP contribution >= 0.6 is 0 Å². The summed E-state index contributed by atoms with van der Waals surface area (Å²) in [5.41, 5.74) is 4.25. The van der Waals surface area contributed by atoms with Crippen LogP contribution in [0.15, 0.2) is 76.4 Å². The van der Waals surface area contributed by atoms with Crippen molar-refractivity contribution in [1.29, 1.82) is 0 Å². The third-order valence-electron chi connectivity index (χ3n) is 6.18. The molecule has 10 heteroatoms. The largest absolute Gasteiger partial charge is 0.491 e. The fourth-order valence-electron chi connectivity index (χ4n) is 4.02. The van der Waals surface area contributed by atoms with Gasteiger partial charge in [0.1, 0.15) is 18.5 Å². The number of primary sulfonamides is 1. The Morgan fingerprint density at radius 2 is 1.58 bits per heavy atom. The molecule has 4 rings (SSSR count). The van der Waals surface area contributed by atoms with E-state index >= 15 is 0 Å². The van der Waals surface area contributed by atoms with Gasteiger partial charge in [0.15, 0.2) is 0 Å². The molecule has 0 fully saturated rings. The summed E-state index contributed by atoms with van der Waals surface area (Å²) in [5.74, 6) is 0.654. The van der Waals surface area contributed by atoms with E-state index in [2.05, 4.69) is 5.32 Å². The molecule has 0 radical (unpaired) electrons. The van der Waals surface area contributed by atoms with Crippen LogP contribution in [0.3, 0.4) is 0 Å². The maximum atomic E-state index is 12.1. The van der Waals surface area contributed by atoms with Crippen LogP contribution in [-0.2, 0) is 37.1 Å². The number of aryl methyl sites for hydroxylation is 2. The minimum absolute atomic E-state index is 0.0914. The van der Waals surface area contributed by atoms with Crippen molar-refractivity contribution in [3.8, 4) is 5.75 Å². The molecular formula is C26H30N4O5S. The quantitative estimate of drug-likeness (QED) is 0.280. The van der Waals surface area contributed by atoms with E-state index in [0.717, 1.165) is 35.1 Å².